The van der Waals surface area contributed by atoms with Gasteiger partial charge in [-0.3, -0.25) is 4.79 Å². The van der Waals surface area contributed by atoms with E-state index in [1.165, 1.54) is 18.1 Å². The van der Waals surface area contributed by atoms with Crippen molar-refractivity contribution in [3.05, 3.63) is 12.4 Å². The Hall–Kier alpha value is -1.30. The van der Waals surface area contributed by atoms with Gasteiger partial charge in [-0.1, -0.05) is 20.8 Å². The normalized spacial score (nSPS) is 13.1. The average molecular weight is 283 g/mol. The number of carboxylic acid groups (broad SMARTS) is 1. The van der Waals surface area contributed by atoms with Crippen LogP contribution < -0.4 is 5.32 Å². The van der Waals surface area contributed by atoms with Gasteiger partial charge >= 0.3 is 5.97 Å². The van der Waals surface area contributed by atoms with Gasteiger partial charge in [0, 0.05) is 12.1 Å². The molecule has 0 aromatic carbocycles. The number of hydrogen-bond acceptors (Lipinski definition) is 5. The van der Waals surface area contributed by atoms with E-state index in [0.29, 0.717) is 5.82 Å². The molecule has 0 aliphatic carbocycles. The van der Waals surface area contributed by atoms with E-state index >= 15 is 0 Å². The fraction of sp³-hybridized carbons (Fsp3) is 0.615. The molecule has 0 radical (unpaired) electrons. The Morgan fingerprint density at radius 3 is 2.68 bits per heavy atom. The summed E-state index contributed by atoms with van der Waals surface area (Å²) in [5.41, 5.74) is 0.0580. The van der Waals surface area contributed by atoms with Crippen molar-refractivity contribution in [2.24, 2.45) is 5.41 Å². The third kappa shape index (κ3) is 6.42. The van der Waals surface area contributed by atoms with E-state index in [4.69, 9.17) is 5.11 Å². The van der Waals surface area contributed by atoms with Crippen LogP contribution in [0.2, 0.25) is 0 Å². The molecule has 0 saturated carbocycles. The van der Waals surface area contributed by atoms with Crippen LogP contribution in [0.15, 0.2) is 17.4 Å². The van der Waals surface area contributed by atoms with Gasteiger partial charge in [-0.2, -0.15) is 0 Å². The van der Waals surface area contributed by atoms with E-state index in [2.05, 4.69) is 36.1 Å². The molecule has 0 fully saturated rings. The predicted octanol–water partition coefficient (Wildman–Crippen LogP) is 2.89. The first-order valence-corrected chi connectivity index (χ1v) is 7.37. The minimum atomic E-state index is -0.805. The molecule has 1 atom stereocenters. The number of nitrogens with zero attached hydrogens (tertiary/aromatic N) is 2. The summed E-state index contributed by atoms with van der Waals surface area (Å²) in [5, 5.41) is 13.0. The van der Waals surface area contributed by atoms with Gasteiger partial charge in [0.05, 0.1) is 6.42 Å². The molecule has 0 spiro atoms. The lowest BCUT2D eigenvalue weighted by Gasteiger charge is -2.26. The van der Waals surface area contributed by atoms with Crippen LogP contribution in [0.5, 0.6) is 0 Å². The van der Waals surface area contributed by atoms with Gasteiger partial charge in [-0.05, 0) is 18.1 Å². The summed E-state index contributed by atoms with van der Waals surface area (Å²) < 4.78 is 0. The summed E-state index contributed by atoms with van der Waals surface area (Å²) >= 11 is 1.53. The van der Waals surface area contributed by atoms with E-state index in [1.807, 2.05) is 12.3 Å². The van der Waals surface area contributed by atoms with Crippen LogP contribution >= 0.6 is 11.8 Å². The number of anilines is 1. The Labute approximate surface area is 118 Å². The highest BCUT2D eigenvalue weighted by Crippen LogP contribution is 2.24. The minimum Gasteiger partial charge on any atom is -0.481 e. The lowest BCUT2D eigenvalue weighted by atomic mass is 9.87. The molecular formula is C13H21N3O2S. The number of aromatic nitrogens is 2. The Kier molecular flexibility index (Phi) is 5.60. The molecule has 0 bridgehead atoms. The summed E-state index contributed by atoms with van der Waals surface area (Å²) in [4.78, 5) is 19.2. The van der Waals surface area contributed by atoms with Crippen molar-refractivity contribution in [1.82, 2.24) is 9.97 Å². The number of rotatable bonds is 6. The third-order valence-electron chi connectivity index (χ3n) is 2.48. The molecule has 2 N–H and O–H groups in total. The van der Waals surface area contributed by atoms with E-state index in [0.717, 1.165) is 11.4 Å². The molecule has 5 nitrogen and oxygen atoms in total. The van der Waals surface area contributed by atoms with Gasteiger partial charge in [0.1, 0.15) is 17.2 Å². The molecule has 1 aromatic rings. The molecule has 19 heavy (non-hydrogen) atoms. The van der Waals surface area contributed by atoms with E-state index in [1.54, 1.807) is 0 Å². The molecular weight excluding hydrogens is 262 g/mol. The molecule has 1 heterocycles. The molecule has 106 valence electrons. The summed E-state index contributed by atoms with van der Waals surface area (Å²) in [6, 6.07) is 1.70. The highest BCUT2D eigenvalue weighted by atomic mass is 32.2. The second-order valence-electron chi connectivity index (χ2n) is 5.65. The fourth-order valence-corrected chi connectivity index (χ4v) is 2.25. The van der Waals surface area contributed by atoms with Gasteiger partial charge < -0.3 is 10.4 Å². The SMILES string of the molecule is CSc1cc(NC(CC(=O)O)CC(C)(C)C)ncn1. The number of aliphatic carboxylic acids is 1. The summed E-state index contributed by atoms with van der Waals surface area (Å²) in [6.45, 7) is 6.28. The minimum absolute atomic E-state index is 0.0580. The first kappa shape index (κ1) is 15.8. The highest BCUT2D eigenvalue weighted by molar-refractivity contribution is 7.98. The monoisotopic (exact) mass is 283 g/mol. The number of thioether (sulfide) groups is 1. The van der Waals surface area contributed by atoms with Crippen LogP contribution in [-0.4, -0.2) is 33.3 Å². The lowest BCUT2D eigenvalue weighted by Crippen LogP contribution is -2.28. The highest BCUT2D eigenvalue weighted by Gasteiger charge is 2.21. The van der Waals surface area contributed by atoms with Crippen LogP contribution in [0.25, 0.3) is 0 Å². The maximum Gasteiger partial charge on any atom is 0.305 e. The van der Waals surface area contributed by atoms with Crippen LogP contribution in [0.1, 0.15) is 33.6 Å². The molecule has 6 heteroatoms. The van der Waals surface area contributed by atoms with Gasteiger partial charge in [-0.15, -0.1) is 11.8 Å². The molecule has 0 aliphatic rings. The Balaban J connectivity index is 2.77. The Bertz CT molecular complexity index is 432. The number of nitrogens with one attached hydrogen (secondary N) is 1. The number of carboxylic acids is 1. The smallest absolute Gasteiger partial charge is 0.305 e. The molecule has 1 unspecified atom stereocenters. The van der Waals surface area contributed by atoms with Crippen molar-refractivity contribution < 1.29 is 9.90 Å². The quantitative estimate of drug-likeness (QED) is 0.617. The summed E-state index contributed by atoms with van der Waals surface area (Å²) in [7, 11) is 0. The van der Waals surface area contributed by atoms with Crippen molar-refractivity contribution in [3.63, 3.8) is 0 Å². The van der Waals surface area contributed by atoms with Gasteiger partial charge in [-0.25, -0.2) is 9.97 Å². The van der Waals surface area contributed by atoms with E-state index in [9.17, 15) is 4.79 Å². The maximum absolute atomic E-state index is 10.9. The summed E-state index contributed by atoms with van der Waals surface area (Å²) in [6.07, 6.45) is 4.27. The van der Waals surface area contributed by atoms with Crippen LogP contribution in [0.4, 0.5) is 5.82 Å². The zero-order valence-electron chi connectivity index (χ0n) is 11.8. The van der Waals surface area contributed by atoms with Crippen LogP contribution in [-0.2, 0) is 4.79 Å². The lowest BCUT2D eigenvalue weighted by molar-refractivity contribution is -0.137. The maximum atomic E-state index is 10.9. The van der Waals surface area contributed by atoms with Crippen LogP contribution in [0, 0.1) is 5.41 Å². The Morgan fingerprint density at radius 1 is 1.47 bits per heavy atom. The van der Waals surface area contributed by atoms with E-state index < -0.39 is 5.97 Å². The number of hydrogen-bond donors (Lipinski definition) is 2. The fourth-order valence-electron chi connectivity index (χ4n) is 1.86. The van der Waals surface area contributed by atoms with Crippen molar-refractivity contribution in [1.29, 1.82) is 0 Å². The van der Waals surface area contributed by atoms with Crippen molar-refractivity contribution in [3.8, 4) is 0 Å². The second-order valence-corrected chi connectivity index (χ2v) is 6.48. The predicted molar refractivity (Wildman–Crippen MR) is 77.5 cm³/mol. The molecule has 1 aromatic heterocycles. The zero-order chi connectivity index (χ0) is 14.5. The average Bonchev–Trinajstić information content (AvgIpc) is 2.26. The molecule has 0 aliphatic heterocycles. The van der Waals surface area contributed by atoms with Crippen molar-refractivity contribution in [2.45, 2.75) is 44.7 Å². The zero-order valence-corrected chi connectivity index (χ0v) is 12.6. The third-order valence-corrected chi connectivity index (χ3v) is 3.12. The summed E-state index contributed by atoms with van der Waals surface area (Å²) in [5.74, 6) is -0.129. The van der Waals surface area contributed by atoms with E-state index in [-0.39, 0.29) is 17.9 Å². The van der Waals surface area contributed by atoms with Crippen LogP contribution in [0.3, 0.4) is 0 Å². The van der Waals surface area contributed by atoms with Crippen molar-refractivity contribution in [2.75, 3.05) is 11.6 Å². The Morgan fingerprint density at radius 2 is 2.16 bits per heavy atom. The first-order chi connectivity index (χ1) is 8.80. The van der Waals surface area contributed by atoms with Gasteiger partial charge in [0.25, 0.3) is 0 Å². The largest absolute Gasteiger partial charge is 0.481 e. The van der Waals surface area contributed by atoms with Gasteiger partial charge in [0.2, 0.25) is 0 Å². The number of carbonyl (C=O) groups is 1. The molecule has 1 rings (SSSR count). The van der Waals surface area contributed by atoms with Crippen molar-refractivity contribution >= 4 is 23.5 Å². The first-order valence-electron chi connectivity index (χ1n) is 6.14. The molecule has 0 amide bonds. The standard InChI is InChI=1S/C13H21N3O2S/c1-13(2,3)7-9(5-12(17)18)16-10-6-11(19-4)15-8-14-10/h6,8-9H,5,7H2,1-4H3,(H,17,18)(H,14,15,16). The van der Waals surface area contributed by atoms with Gasteiger partial charge in [0.15, 0.2) is 0 Å². The molecule has 0 saturated heterocycles. The topological polar surface area (TPSA) is 75.1 Å². The second kappa shape index (κ2) is 6.75.